The Labute approximate surface area is 104 Å². The predicted molar refractivity (Wildman–Crippen MR) is 69.6 cm³/mol. The normalized spacial score (nSPS) is 32.3. The monoisotopic (exact) mass is 342 g/mol. The Morgan fingerprint density at radius 2 is 2.20 bits per heavy atom. The lowest BCUT2D eigenvalue weighted by atomic mass is 9.75. The van der Waals surface area contributed by atoms with Crippen LogP contribution in [0.3, 0.4) is 0 Å². The molecule has 0 bridgehead atoms. The van der Waals surface area contributed by atoms with Gasteiger partial charge in [0.25, 0.3) is 0 Å². The van der Waals surface area contributed by atoms with Crippen LogP contribution in [0.5, 0.6) is 0 Å². The zero-order valence-corrected chi connectivity index (χ0v) is 11.3. The lowest BCUT2D eigenvalue weighted by molar-refractivity contribution is 0.251. The van der Waals surface area contributed by atoms with Gasteiger partial charge in [-0.25, -0.2) is 0 Å². The van der Waals surface area contributed by atoms with Gasteiger partial charge in [-0.1, -0.05) is 18.2 Å². The lowest BCUT2D eigenvalue weighted by Crippen LogP contribution is -2.21. The van der Waals surface area contributed by atoms with E-state index in [0.29, 0.717) is 5.82 Å². The van der Waals surface area contributed by atoms with E-state index in [2.05, 4.69) is 7.85 Å². The molecule has 0 spiro atoms. The molecular formula is C8H13BIO4P. The summed E-state index contributed by atoms with van der Waals surface area (Å²) in [6.45, 7) is 0. The van der Waals surface area contributed by atoms with Crippen molar-refractivity contribution in [3.63, 3.8) is 0 Å². The van der Waals surface area contributed by atoms with Crippen molar-refractivity contribution in [1.82, 2.24) is 0 Å². The quantitative estimate of drug-likeness (QED) is 0.352. The molecule has 3 atom stereocenters. The van der Waals surface area contributed by atoms with Crippen LogP contribution >= 0.6 is 30.6 Å². The maximum atomic E-state index is 10.6. The van der Waals surface area contributed by atoms with E-state index in [-0.39, 0.29) is 12.0 Å². The Kier molecular flexibility index (Phi) is 5.05. The van der Waals surface area contributed by atoms with Crippen molar-refractivity contribution in [2.24, 2.45) is 5.92 Å². The summed E-state index contributed by atoms with van der Waals surface area (Å²) in [6.07, 6.45) is 6.40. The van der Waals surface area contributed by atoms with Crippen LogP contribution in [0.25, 0.3) is 0 Å². The van der Waals surface area contributed by atoms with Crippen molar-refractivity contribution in [2.45, 2.75) is 18.3 Å². The van der Waals surface area contributed by atoms with E-state index in [1.165, 1.54) is 0 Å². The first-order valence-corrected chi connectivity index (χ1v) is 7.19. The molecule has 4 nitrogen and oxygen atoms in total. The summed E-state index contributed by atoms with van der Waals surface area (Å²) in [7, 11) is -1.97. The molecule has 0 heterocycles. The third kappa shape index (κ3) is 4.82. The third-order valence-electron chi connectivity index (χ3n) is 2.39. The van der Waals surface area contributed by atoms with Crippen molar-refractivity contribution in [2.75, 3.05) is 0 Å². The summed E-state index contributed by atoms with van der Waals surface area (Å²) in [5, 5.41) is 0. The van der Waals surface area contributed by atoms with Crippen molar-refractivity contribution < 1.29 is 17.4 Å². The summed E-state index contributed by atoms with van der Waals surface area (Å²) < 4.78 is 15.9. The Balaban J connectivity index is 2.63. The minimum absolute atomic E-state index is 0.0496. The second-order valence-corrected chi connectivity index (χ2v) is 5.69. The van der Waals surface area contributed by atoms with Crippen LogP contribution in [0.2, 0.25) is 5.82 Å². The maximum Gasteiger partial charge on any atom is 0.348 e. The molecule has 0 amide bonds. The first-order valence-electron chi connectivity index (χ1n) is 4.62. The van der Waals surface area contributed by atoms with E-state index in [1.807, 2.05) is 35.2 Å². The molecular weight excluding hydrogens is 329 g/mol. The zero-order chi connectivity index (χ0) is 11.5. The summed E-state index contributed by atoms with van der Waals surface area (Å²) in [5.74, 6) is 1.36. The maximum absolute atomic E-state index is 10.6. The predicted octanol–water partition coefficient (Wildman–Crippen LogP) is 1.41. The fraction of sp³-hybridized carbons (Fsp3) is 0.500. The van der Waals surface area contributed by atoms with Gasteiger partial charge < -0.3 is 12.9 Å². The number of rotatable bonds is 3. The van der Waals surface area contributed by atoms with E-state index in [0.717, 1.165) is 12.2 Å². The lowest BCUT2D eigenvalue weighted by Gasteiger charge is -2.26. The van der Waals surface area contributed by atoms with Crippen LogP contribution in [-0.2, 0) is 7.63 Å². The number of hydrogen-bond acceptors (Lipinski definition) is 2. The summed E-state index contributed by atoms with van der Waals surface area (Å²) in [6, 6.07) is 0. The van der Waals surface area contributed by atoms with Gasteiger partial charge in [0.15, 0.2) is 0 Å². The van der Waals surface area contributed by atoms with E-state index in [9.17, 15) is 4.57 Å². The Morgan fingerprint density at radius 1 is 1.53 bits per heavy atom. The molecule has 0 aromatic carbocycles. The van der Waals surface area contributed by atoms with Gasteiger partial charge in [0, 0.05) is 5.82 Å². The van der Waals surface area contributed by atoms with E-state index in [4.69, 9.17) is 12.9 Å². The molecule has 0 saturated heterocycles. The van der Waals surface area contributed by atoms with Crippen LogP contribution in [-0.4, -0.2) is 23.7 Å². The van der Waals surface area contributed by atoms with Gasteiger partial charge in [-0.3, -0.25) is 4.57 Å². The van der Waals surface area contributed by atoms with Crippen molar-refractivity contribution in [1.29, 1.82) is 0 Å². The van der Waals surface area contributed by atoms with E-state index in [1.54, 1.807) is 6.08 Å². The van der Waals surface area contributed by atoms with Crippen LogP contribution in [0.15, 0.2) is 24.0 Å². The molecule has 0 aromatic heterocycles. The van der Waals surface area contributed by atoms with E-state index < -0.39 is 7.60 Å². The van der Waals surface area contributed by atoms with Gasteiger partial charge in [0.2, 0.25) is 0 Å². The molecule has 0 saturated carbocycles. The summed E-state index contributed by atoms with van der Waals surface area (Å²) in [5.41, 5.74) is 0. The molecule has 15 heavy (non-hydrogen) atoms. The largest absolute Gasteiger partial charge is 0.348 e. The molecule has 3 unspecified atom stereocenters. The zero-order valence-electron chi connectivity index (χ0n) is 8.28. The standard InChI is InChI=1S/C8H13BIO4P/c9-7-2-1-6(5-8(7)14-10)3-4-15(11,12)13/h1-4,6-8H,5,9H2,(H2,11,12,13)/b4-3+. The average Bonchev–Trinajstić information content (AvgIpc) is 2.15. The molecule has 2 N–H and O–H groups in total. The fourth-order valence-corrected chi connectivity index (χ4v) is 2.60. The molecule has 1 rings (SSSR count). The highest BCUT2D eigenvalue weighted by molar-refractivity contribution is 14.1. The Bertz CT molecular complexity index is 314. The minimum atomic E-state index is -4.03. The summed E-state index contributed by atoms with van der Waals surface area (Å²) >= 11 is 1.86. The fourth-order valence-electron chi connectivity index (χ4n) is 1.49. The highest BCUT2D eigenvalue weighted by atomic mass is 127. The Hall–Kier alpha value is 0.385. The highest BCUT2D eigenvalue weighted by Gasteiger charge is 2.23. The van der Waals surface area contributed by atoms with Crippen LogP contribution in [0.1, 0.15) is 6.42 Å². The van der Waals surface area contributed by atoms with Gasteiger partial charge >= 0.3 is 7.60 Å². The second kappa shape index (κ2) is 5.64. The molecule has 1 aliphatic carbocycles. The van der Waals surface area contributed by atoms with Gasteiger partial charge in [0.05, 0.1) is 6.10 Å². The number of halogens is 1. The molecule has 0 fully saturated rings. The summed E-state index contributed by atoms with van der Waals surface area (Å²) in [4.78, 5) is 17.4. The van der Waals surface area contributed by atoms with Crippen molar-refractivity contribution in [3.05, 3.63) is 24.0 Å². The molecule has 0 radical (unpaired) electrons. The van der Waals surface area contributed by atoms with Crippen molar-refractivity contribution in [3.8, 4) is 0 Å². The first-order chi connectivity index (χ1) is 6.92. The molecule has 84 valence electrons. The van der Waals surface area contributed by atoms with Crippen LogP contribution in [0, 0.1) is 5.92 Å². The molecule has 1 aliphatic rings. The van der Waals surface area contributed by atoms with Gasteiger partial charge in [-0.05, 0) is 18.2 Å². The number of allylic oxidation sites excluding steroid dienone is 2. The Morgan fingerprint density at radius 3 is 2.73 bits per heavy atom. The van der Waals surface area contributed by atoms with Gasteiger partial charge in [0.1, 0.15) is 30.9 Å². The van der Waals surface area contributed by atoms with Crippen molar-refractivity contribution >= 4 is 38.4 Å². The first kappa shape index (κ1) is 13.4. The third-order valence-corrected chi connectivity index (χ3v) is 3.61. The van der Waals surface area contributed by atoms with E-state index >= 15 is 0 Å². The molecule has 0 aliphatic heterocycles. The van der Waals surface area contributed by atoms with Gasteiger partial charge in [-0.15, -0.1) is 0 Å². The average molecular weight is 342 g/mol. The molecule has 7 heteroatoms. The van der Waals surface area contributed by atoms with Crippen LogP contribution in [0.4, 0.5) is 0 Å². The topological polar surface area (TPSA) is 66.8 Å². The van der Waals surface area contributed by atoms with Crippen LogP contribution < -0.4 is 0 Å². The SMILES string of the molecule is BC1C=CC(/C=C/P(=O)(O)O)CC1OI. The highest BCUT2D eigenvalue weighted by Crippen LogP contribution is 2.38. The van der Waals surface area contributed by atoms with Gasteiger partial charge in [-0.2, -0.15) is 0 Å². The smallest absolute Gasteiger partial charge is 0.321 e. The minimum Gasteiger partial charge on any atom is -0.321 e. The molecule has 0 aromatic rings. The second-order valence-electron chi connectivity index (χ2n) is 3.70. The number of hydrogen-bond donors (Lipinski definition) is 2.